The van der Waals surface area contributed by atoms with Crippen molar-refractivity contribution in [1.82, 2.24) is 19.8 Å². The van der Waals surface area contributed by atoms with Gasteiger partial charge in [-0.2, -0.15) is 15.2 Å². The molecular weight excluding hydrogens is 713 g/mol. The summed E-state index contributed by atoms with van der Waals surface area (Å²) in [5.74, 6) is -0.239. The Labute approximate surface area is 308 Å². The summed E-state index contributed by atoms with van der Waals surface area (Å²) < 4.78 is 39.1. The van der Waals surface area contributed by atoms with Gasteiger partial charge in [0.15, 0.2) is 0 Å². The highest BCUT2D eigenvalue weighted by Crippen LogP contribution is 2.50. The summed E-state index contributed by atoms with van der Waals surface area (Å²) >= 11 is 8.30. The van der Waals surface area contributed by atoms with Gasteiger partial charge in [-0.3, -0.25) is 10.1 Å². The standard InChI is InChI=1S/C36H39ClFN7O6S/c1-36(2,3)51-35(47)43-32-20(13-39)26-19(8-9-23(38)30(26)52-32)25-21-16-48-17-22(21)27-29(28(25)37)41-34(50-15-18-14-44(4)11-12-49-18)42-31(27)40-24-7-6-10-45(5)33(24)46/h8-9,18,24H,6-7,10-12,14-17H2,1-5H3,(H,43,47)(H,40,41,42)/t18-,24-/m1/s1. The van der Waals surface area contributed by atoms with Gasteiger partial charge < -0.3 is 34.1 Å². The van der Waals surface area contributed by atoms with Gasteiger partial charge in [0.1, 0.15) is 47.1 Å². The molecule has 2 atom stereocenters. The molecular formula is C36H39ClFN7O6S. The lowest BCUT2D eigenvalue weighted by Gasteiger charge is -2.31. The number of hydrogen-bond acceptors (Lipinski definition) is 12. The number of piperidine rings is 1. The van der Waals surface area contributed by atoms with E-state index in [-0.39, 0.29) is 63.5 Å². The molecule has 0 spiro atoms. The van der Waals surface area contributed by atoms with Crippen molar-refractivity contribution in [3.8, 4) is 23.2 Å². The van der Waals surface area contributed by atoms with Crippen LogP contribution in [0.25, 0.3) is 32.1 Å². The highest BCUT2D eigenvalue weighted by Gasteiger charge is 2.33. The number of morpholine rings is 1. The predicted molar refractivity (Wildman–Crippen MR) is 195 cm³/mol. The minimum atomic E-state index is -0.790. The molecule has 52 heavy (non-hydrogen) atoms. The second kappa shape index (κ2) is 14.2. The molecule has 4 aromatic rings. The summed E-state index contributed by atoms with van der Waals surface area (Å²) in [6, 6.07) is 4.54. The Morgan fingerprint density at radius 2 is 1.98 bits per heavy atom. The normalized spacial score (nSPS) is 19.5. The summed E-state index contributed by atoms with van der Waals surface area (Å²) in [7, 11) is 3.79. The smallest absolute Gasteiger partial charge is 0.412 e. The lowest BCUT2D eigenvalue weighted by molar-refractivity contribution is -0.132. The molecule has 2 fully saturated rings. The monoisotopic (exact) mass is 751 g/mol. The summed E-state index contributed by atoms with van der Waals surface area (Å²) in [6.45, 7) is 8.44. The maximum absolute atomic E-state index is 15.5. The molecule has 3 aliphatic rings. The molecule has 2 aromatic carbocycles. The average Bonchev–Trinajstić information content (AvgIpc) is 3.71. The van der Waals surface area contributed by atoms with Crippen molar-refractivity contribution in [2.24, 2.45) is 0 Å². The molecule has 0 unspecified atom stereocenters. The summed E-state index contributed by atoms with van der Waals surface area (Å²) in [5.41, 5.74) is 2.05. The molecule has 16 heteroatoms. The van der Waals surface area contributed by atoms with E-state index in [4.69, 9.17) is 40.5 Å². The molecule has 2 saturated heterocycles. The van der Waals surface area contributed by atoms with Gasteiger partial charge in [-0.15, -0.1) is 11.3 Å². The first kappa shape index (κ1) is 36.0. The quantitative estimate of drug-likeness (QED) is 0.219. The molecule has 0 radical (unpaired) electrons. The van der Waals surface area contributed by atoms with Crippen LogP contribution in [0.5, 0.6) is 6.01 Å². The number of carbonyl (C=O) groups is 2. The fourth-order valence-electron chi connectivity index (χ4n) is 6.90. The van der Waals surface area contributed by atoms with E-state index >= 15 is 4.39 Å². The van der Waals surface area contributed by atoms with Gasteiger partial charge in [0, 0.05) is 37.6 Å². The van der Waals surface area contributed by atoms with Crippen LogP contribution in [0, 0.1) is 17.1 Å². The molecule has 0 aliphatic carbocycles. The van der Waals surface area contributed by atoms with Crippen LogP contribution < -0.4 is 15.4 Å². The van der Waals surface area contributed by atoms with Crippen LogP contribution in [-0.4, -0.2) is 96.5 Å². The van der Waals surface area contributed by atoms with Gasteiger partial charge in [0.25, 0.3) is 0 Å². The Balaban J connectivity index is 1.40. The molecule has 5 heterocycles. The van der Waals surface area contributed by atoms with Gasteiger partial charge in [-0.05, 0) is 63.4 Å². The first-order chi connectivity index (χ1) is 24.8. The first-order valence-electron chi connectivity index (χ1n) is 17.1. The Morgan fingerprint density at radius 1 is 1.19 bits per heavy atom. The largest absolute Gasteiger partial charge is 0.461 e. The van der Waals surface area contributed by atoms with E-state index < -0.39 is 23.6 Å². The molecule has 2 amide bonds. The van der Waals surface area contributed by atoms with E-state index in [1.54, 1.807) is 38.8 Å². The summed E-state index contributed by atoms with van der Waals surface area (Å²) in [5, 5.41) is 17.6. The zero-order chi connectivity index (χ0) is 36.9. The third-order valence-electron chi connectivity index (χ3n) is 9.27. The number of ether oxygens (including phenoxy) is 4. The van der Waals surface area contributed by atoms with Crippen LogP contribution >= 0.6 is 22.9 Å². The lowest BCUT2D eigenvalue weighted by Crippen LogP contribution is -2.45. The minimum Gasteiger partial charge on any atom is -0.461 e. The van der Waals surface area contributed by atoms with E-state index in [2.05, 4.69) is 21.6 Å². The van der Waals surface area contributed by atoms with Crippen LogP contribution in [0.2, 0.25) is 5.02 Å². The van der Waals surface area contributed by atoms with Crippen LogP contribution in [0.1, 0.15) is 50.3 Å². The zero-order valence-electron chi connectivity index (χ0n) is 29.5. The molecule has 0 saturated carbocycles. The number of thiophene rings is 1. The number of nitrogens with one attached hydrogen (secondary N) is 2. The lowest BCUT2D eigenvalue weighted by atomic mass is 9.91. The number of hydrogen-bond donors (Lipinski definition) is 2. The van der Waals surface area contributed by atoms with E-state index in [1.807, 2.05) is 7.05 Å². The van der Waals surface area contributed by atoms with Gasteiger partial charge in [-0.1, -0.05) is 17.7 Å². The maximum atomic E-state index is 15.5. The number of benzene rings is 2. The van der Waals surface area contributed by atoms with Crippen molar-refractivity contribution in [2.75, 3.05) is 57.6 Å². The third kappa shape index (κ3) is 6.93. The summed E-state index contributed by atoms with van der Waals surface area (Å²) in [4.78, 5) is 39.4. The van der Waals surface area contributed by atoms with Crippen LogP contribution in [0.15, 0.2) is 12.1 Å². The van der Waals surface area contributed by atoms with Gasteiger partial charge in [-0.25, -0.2) is 9.18 Å². The topological polar surface area (TPSA) is 151 Å². The van der Waals surface area contributed by atoms with Crippen molar-refractivity contribution in [1.29, 1.82) is 5.26 Å². The van der Waals surface area contributed by atoms with E-state index in [0.717, 1.165) is 29.9 Å². The molecule has 274 valence electrons. The number of likely N-dealkylation sites (N-methyl/N-ethyl adjacent to an activating group) is 2. The molecule has 7 rings (SSSR count). The van der Waals surface area contributed by atoms with Gasteiger partial charge >= 0.3 is 12.1 Å². The van der Waals surface area contributed by atoms with Crippen molar-refractivity contribution < 1.29 is 32.9 Å². The third-order valence-corrected chi connectivity index (χ3v) is 10.8. The highest BCUT2D eigenvalue weighted by molar-refractivity contribution is 7.23. The number of amides is 2. The number of halogens is 2. The Morgan fingerprint density at radius 3 is 2.73 bits per heavy atom. The second-order valence-corrected chi connectivity index (χ2v) is 15.6. The van der Waals surface area contributed by atoms with Crippen molar-refractivity contribution in [3.63, 3.8) is 0 Å². The number of anilines is 2. The van der Waals surface area contributed by atoms with Crippen LogP contribution in [-0.2, 0) is 32.2 Å². The summed E-state index contributed by atoms with van der Waals surface area (Å²) in [6.07, 6.45) is 0.451. The average molecular weight is 752 g/mol. The number of aromatic nitrogens is 2. The Hall–Kier alpha value is -4.33. The zero-order valence-corrected chi connectivity index (χ0v) is 31.1. The first-order valence-corrected chi connectivity index (χ1v) is 18.2. The fraction of sp³-hybridized carbons (Fsp3) is 0.472. The number of likely N-dealkylation sites (tertiary alicyclic amines) is 1. The van der Waals surface area contributed by atoms with Crippen LogP contribution in [0.4, 0.5) is 20.0 Å². The molecule has 2 N–H and O–H groups in total. The van der Waals surface area contributed by atoms with E-state index in [9.17, 15) is 14.9 Å². The number of nitriles is 1. The number of fused-ring (bicyclic) bond motifs is 4. The van der Waals surface area contributed by atoms with Crippen molar-refractivity contribution >= 4 is 66.7 Å². The van der Waals surface area contributed by atoms with E-state index in [1.165, 1.54) is 6.07 Å². The number of rotatable bonds is 7. The predicted octanol–water partition coefficient (Wildman–Crippen LogP) is 6.29. The van der Waals surface area contributed by atoms with Crippen molar-refractivity contribution in [3.05, 3.63) is 39.7 Å². The second-order valence-electron chi connectivity index (χ2n) is 14.2. The molecule has 0 bridgehead atoms. The van der Waals surface area contributed by atoms with Crippen molar-refractivity contribution in [2.45, 2.75) is 64.6 Å². The fourth-order valence-corrected chi connectivity index (χ4v) is 8.32. The minimum absolute atomic E-state index is 0.0384. The Kier molecular flexibility index (Phi) is 9.87. The number of nitrogens with zero attached hydrogens (tertiary/aromatic N) is 5. The highest BCUT2D eigenvalue weighted by atomic mass is 35.5. The van der Waals surface area contributed by atoms with Gasteiger partial charge in [0.2, 0.25) is 5.91 Å². The number of carbonyl (C=O) groups excluding carboxylic acids is 2. The SMILES string of the molecule is CN1CCO[C@@H](COc2nc(N[C@@H]3CCCN(C)C3=O)c3c4c(c(-c5ccc(F)c6sc(NC(=O)OC(C)(C)C)c(C#N)c56)c(Cl)c3n2)COC4)C1. The van der Waals surface area contributed by atoms with E-state index in [0.29, 0.717) is 59.5 Å². The molecule has 13 nitrogen and oxygen atoms in total. The van der Waals surface area contributed by atoms with Crippen LogP contribution in [0.3, 0.4) is 0 Å². The molecule has 3 aliphatic heterocycles. The molecule has 2 aromatic heterocycles. The Bertz CT molecular complexity index is 2130. The maximum Gasteiger partial charge on any atom is 0.412 e. The van der Waals surface area contributed by atoms with Gasteiger partial charge in [0.05, 0.1) is 46.0 Å².